The molecule has 1 atom stereocenters. The summed E-state index contributed by atoms with van der Waals surface area (Å²) in [5.74, 6) is -0.365. The summed E-state index contributed by atoms with van der Waals surface area (Å²) in [5, 5.41) is 13.9. The topological polar surface area (TPSA) is 74.6 Å². The maximum Gasteiger partial charge on any atom is 0.329 e. The number of aliphatic carboxylic acids is 1. The molecule has 20 heavy (non-hydrogen) atoms. The van der Waals surface area contributed by atoms with Gasteiger partial charge in [-0.3, -0.25) is 4.99 Å². The van der Waals surface area contributed by atoms with Crippen molar-refractivity contribution in [3.63, 3.8) is 0 Å². The molecule has 0 radical (unpaired) electrons. The molecule has 2 aliphatic heterocycles. The van der Waals surface area contributed by atoms with Gasteiger partial charge in [-0.2, -0.15) is 0 Å². The maximum atomic E-state index is 10.9. The van der Waals surface area contributed by atoms with Crippen LogP contribution in [0.25, 0.3) is 10.2 Å². The predicted molar refractivity (Wildman–Crippen MR) is 82.2 cm³/mol. The summed E-state index contributed by atoms with van der Waals surface area (Å²) in [5.41, 5.74) is 3.48. The molecule has 0 saturated carbocycles. The molecule has 0 unspecified atom stereocenters. The van der Waals surface area contributed by atoms with E-state index in [0.717, 1.165) is 33.2 Å². The second kappa shape index (κ2) is 4.46. The summed E-state index contributed by atoms with van der Waals surface area (Å²) in [7, 11) is 0. The van der Waals surface area contributed by atoms with Gasteiger partial charge in [-0.15, -0.1) is 23.1 Å². The van der Waals surface area contributed by atoms with E-state index >= 15 is 0 Å². The van der Waals surface area contributed by atoms with Crippen molar-refractivity contribution in [2.75, 3.05) is 17.6 Å². The van der Waals surface area contributed by atoms with Crippen molar-refractivity contribution in [1.29, 1.82) is 0 Å². The molecule has 1 aromatic carbocycles. The van der Waals surface area contributed by atoms with Gasteiger partial charge in [0.15, 0.2) is 6.04 Å². The fourth-order valence-electron chi connectivity index (χ4n) is 2.43. The summed E-state index contributed by atoms with van der Waals surface area (Å²) in [6, 6.07) is 3.63. The number of anilines is 1. The van der Waals surface area contributed by atoms with Gasteiger partial charge in [-0.1, -0.05) is 0 Å². The Balaban J connectivity index is 1.75. The Morgan fingerprint density at radius 3 is 3.15 bits per heavy atom. The van der Waals surface area contributed by atoms with Crippen LogP contribution in [-0.4, -0.2) is 39.4 Å². The van der Waals surface area contributed by atoms with Crippen LogP contribution in [0.1, 0.15) is 10.6 Å². The van der Waals surface area contributed by atoms with E-state index in [1.807, 2.05) is 0 Å². The number of nitrogens with one attached hydrogen (secondary N) is 1. The highest BCUT2D eigenvalue weighted by atomic mass is 32.2. The zero-order valence-electron chi connectivity index (χ0n) is 10.4. The summed E-state index contributed by atoms with van der Waals surface area (Å²) >= 11 is 3.06. The van der Waals surface area contributed by atoms with Crippen LogP contribution in [0.4, 0.5) is 5.69 Å². The van der Waals surface area contributed by atoms with Gasteiger partial charge in [0.05, 0.1) is 10.2 Å². The third-order valence-electron chi connectivity index (χ3n) is 3.44. The van der Waals surface area contributed by atoms with E-state index in [1.54, 1.807) is 11.3 Å². The quantitative estimate of drug-likeness (QED) is 0.890. The molecule has 2 aliphatic rings. The minimum Gasteiger partial charge on any atom is -0.480 e. The lowest BCUT2D eigenvalue weighted by molar-refractivity contribution is -0.137. The van der Waals surface area contributed by atoms with Gasteiger partial charge in [-0.25, -0.2) is 9.78 Å². The van der Waals surface area contributed by atoms with E-state index in [-0.39, 0.29) is 0 Å². The lowest BCUT2D eigenvalue weighted by atomic mass is 10.1. The van der Waals surface area contributed by atoms with Crippen LogP contribution in [-0.2, 0) is 11.2 Å². The Morgan fingerprint density at radius 1 is 1.45 bits per heavy atom. The molecule has 2 N–H and O–H groups in total. The summed E-state index contributed by atoms with van der Waals surface area (Å²) < 4.78 is 1.12. The second-order valence-electron chi connectivity index (χ2n) is 4.77. The molecule has 3 heterocycles. The number of fused-ring (bicyclic) bond motifs is 2. The number of carboxylic acid groups (broad SMARTS) is 1. The van der Waals surface area contributed by atoms with E-state index < -0.39 is 12.0 Å². The zero-order valence-corrected chi connectivity index (χ0v) is 12.1. The first-order chi connectivity index (χ1) is 9.70. The Morgan fingerprint density at radius 2 is 2.35 bits per heavy atom. The Hall–Kier alpha value is -1.60. The van der Waals surface area contributed by atoms with Crippen molar-refractivity contribution >= 4 is 50.0 Å². The highest BCUT2D eigenvalue weighted by Gasteiger charge is 2.27. The Bertz CT molecular complexity index is 712. The first-order valence-electron chi connectivity index (χ1n) is 6.32. The van der Waals surface area contributed by atoms with Crippen LogP contribution in [0.15, 0.2) is 17.1 Å². The molecule has 0 amide bonds. The number of aromatic nitrogens is 1. The predicted octanol–water partition coefficient (Wildman–Crippen LogP) is 2.21. The third kappa shape index (κ3) is 1.89. The van der Waals surface area contributed by atoms with Gasteiger partial charge in [-0.05, 0) is 24.1 Å². The molecule has 0 spiro atoms. The minimum atomic E-state index is -0.864. The number of rotatable bonds is 2. The monoisotopic (exact) mass is 305 g/mol. The largest absolute Gasteiger partial charge is 0.480 e. The van der Waals surface area contributed by atoms with Crippen molar-refractivity contribution in [3.8, 4) is 0 Å². The van der Waals surface area contributed by atoms with E-state index in [2.05, 4.69) is 27.4 Å². The van der Waals surface area contributed by atoms with Crippen LogP contribution in [0.3, 0.4) is 0 Å². The summed E-state index contributed by atoms with van der Waals surface area (Å²) in [4.78, 5) is 19.8. The molecular formula is C13H11N3O2S2. The first-order valence-corrected chi connectivity index (χ1v) is 8.12. The smallest absolute Gasteiger partial charge is 0.329 e. The van der Waals surface area contributed by atoms with Crippen molar-refractivity contribution in [3.05, 3.63) is 22.7 Å². The zero-order chi connectivity index (χ0) is 13.7. The Labute approximate surface area is 123 Å². The molecule has 0 bridgehead atoms. The van der Waals surface area contributed by atoms with Gasteiger partial charge < -0.3 is 10.4 Å². The molecule has 0 fully saturated rings. The number of carbonyl (C=O) groups is 1. The van der Waals surface area contributed by atoms with E-state index in [1.165, 1.54) is 23.0 Å². The minimum absolute atomic E-state index is 0.499. The van der Waals surface area contributed by atoms with Crippen molar-refractivity contribution in [2.45, 2.75) is 12.5 Å². The van der Waals surface area contributed by atoms with Gasteiger partial charge in [0.2, 0.25) is 0 Å². The van der Waals surface area contributed by atoms with Gasteiger partial charge >= 0.3 is 5.97 Å². The number of nitrogens with zero attached hydrogens (tertiary/aromatic N) is 2. The number of thiazole rings is 1. The molecule has 0 aliphatic carbocycles. The van der Waals surface area contributed by atoms with Crippen molar-refractivity contribution < 1.29 is 9.90 Å². The standard InChI is InChI=1S/C13H11N3O2S2/c17-13(18)9-5-19-11(16-9)12-15-8-3-6-1-2-14-7(6)4-10(8)20-12/h3-4,9,14H,1-2,5H2,(H,17,18)/t9-/m1/s1. The SMILES string of the molecule is O=C(O)[C@H]1CSC(c2nc3cc4c(cc3s2)NCC4)=N1. The van der Waals surface area contributed by atoms with E-state index in [9.17, 15) is 4.79 Å². The normalized spacial score (nSPS) is 20.8. The lowest BCUT2D eigenvalue weighted by Gasteiger charge is -1.97. The van der Waals surface area contributed by atoms with Crippen LogP contribution in [0, 0.1) is 0 Å². The van der Waals surface area contributed by atoms with Crippen molar-refractivity contribution in [1.82, 2.24) is 4.98 Å². The molecule has 2 aromatic rings. The van der Waals surface area contributed by atoms with Crippen LogP contribution in [0.2, 0.25) is 0 Å². The molecular weight excluding hydrogens is 294 g/mol. The number of aliphatic imine (C=N–C) groups is 1. The van der Waals surface area contributed by atoms with Gasteiger partial charge in [0.1, 0.15) is 10.1 Å². The molecule has 102 valence electrons. The number of benzene rings is 1. The summed E-state index contributed by atoms with van der Waals surface area (Å²) in [6.07, 6.45) is 1.04. The highest BCUT2D eigenvalue weighted by Crippen LogP contribution is 2.34. The van der Waals surface area contributed by atoms with E-state index in [0.29, 0.717) is 5.75 Å². The highest BCUT2D eigenvalue weighted by molar-refractivity contribution is 8.15. The average Bonchev–Trinajstić information content (AvgIpc) is 3.13. The molecule has 0 saturated heterocycles. The number of hydrogen-bond acceptors (Lipinski definition) is 6. The molecule has 7 heteroatoms. The van der Waals surface area contributed by atoms with Crippen molar-refractivity contribution in [2.24, 2.45) is 4.99 Å². The molecule has 5 nitrogen and oxygen atoms in total. The van der Waals surface area contributed by atoms with Crippen LogP contribution >= 0.6 is 23.1 Å². The fraction of sp³-hybridized carbons (Fsp3) is 0.308. The second-order valence-corrected chi connectivity index (χ2v) is 6.81. The maximum absolute atomic E-state index is 10.9. The fourth-order valence-corrected chi connectivity index (χ4v) is 4.51. The van der Waals surface area contributed by atoms with E-state index in [4.69, 9.17) is 5.11 Å². The number of hydrogen-bond donors (Lipinski definition) is 2. The average molecular weight is 305 g/mol. The molecule has 4 rings (SSSR count). The lowest BCUT2D eigenvalue weighted by Crippen LogP contribution is -2.17. The van der Waals surface area contributed by atoms with Crippen LogP contribution in [0.5, 0.6) is 0 Å². The summed E-state index contributed by atoms with van der Waals surface area (Å²) in [6.45, 7) is 0.988. The van der Waals surface area contributed by atoms with Gasteiger partial charge in [0.25, 0.3) is 0 Å². The number of carboxylic acids is 1. The third-order valence-corrected chi connectivity index (χ3v) is 5.65. The first kappa shape index (κ1) is 12.2. The Kier molecular flexibility index (Phi) is 2.71. The molecule has 1 aromatic heterocycles. The van der Waals surface area contributed by atoms with Crippen LogP contribution < -0.4 is 5.32 Å². The van der Waals surface area contributed by atoms with Gasteiger partial charge in [0, 0.05) is 18.0 Å². The number of thioether (sulfide) groups is 1.